The lowest BCUT2D eigenvalue weighted by molar-refractivity contribution is -0.122. The molecule has 0 atom stereocenters. The van der Waals surface area contributed by atoms with Crippen LogP contribution in [0.5, 0.6) is 17.2 Å². The van der Waals surface area contributed by atoms with Crippen LogP contribution in [-0.2, 0) is 11.3 Å². The minimum absolute atomic E-state index is 0.0729. The number of amidine groups is 1. The lowest BCUT2D eigenvalue weighted by Gasteiger charge is -2.12. The molecule has 1 aliphatic rings. The van der Waals surface area contributed by atoms with Crippen molar-refractivity contribution in [3.63, 3.8) is 0 Å². The van der Waals surface area contributed by atoms with Gasteiger partial charge in [0.2, 0.25) is 0 Å². The van der Waals surface area contributed by atoms with Gasteiger partial charge in [-0.2, -0.15) is 5.10 Å². The number of carbonyl (C=O) groups excluding carboxylic acids is 1. The normalized spacial score (nSPS) is 16.2. The molecule has 0 spiro atoms. The van der Waals surface area contributed by atoms with E-state index in [4.69, 9.17) is 13.9 Å². The number of phenolic OH excluding ortho intramolecular Hbond substituents is 1. The molecular formula is C24H20BrN3O5S. The van der Waals surface area contributed by atoms with E-state index in [1.807, 2.05) is 6.07 Å². The number of halogens is 1. The number of amides is 1. The van der Waals surface area contributed by atoms with Crippen LogP contribution in [0.1, 0.15) is 16.9 Å². The Kier molecular flexibility index (Phi) is 7.39. The standard InChI is InChI=1S/C24H20BrN3O5S/c1-31-20-8-5-15(10-21(20)32-2)11-22-23(30)28(14-18-4-3-9-33-18)24(34-22)27-26-13-16-12-17(25)6-7-19(16)29/h3-13,29H,14H2,1-2H3/b22-11-,26-13+,27-24-. The quantitative estimate of drug-likeness (QED) is 0.248. The predicted molar refractivity (Wildman–Crippen MR) is 135 cm³/mol. The number of carbonyl (C=O) groups is 1. The zero-order valence-corrected chi connectivity index (χ0v) is 20.7. The van der Waals surface area contributed by atoms with Gasteiger partial charge in [-0.25, -0.2) is 0 Å². The Hall–Kier alpha value is -3.50. The molecule has 1 N–H and O–H groups in total. The van der Waals surface area contributed by atoms with E-state index in [9.17, 15) is 9.90 Å². The van der Waals surface area contributed by atoms with Crippen LogP contribution < -0.4 is 9.47 Å². The zero-order chi connectivity index (χ0) is 24.1. The largest absolute Gasteiger partial charge is 0.507 e. The van der Waals surface area contributed by atoms with Crippen molar-refractivity contribution in [3.8, 4) is 17.2 Å². The van der Waals surface area contributed by atoms with Crippen molar-refractivity contribution in [2.75, 3.05) is 14.2 Å². The highest BCUT2D eigenvalue weighted by Crippen LogP contribution is 2.35. The molecule has 4 rings (SSSR count). The summed E-state index contributed by atoms with van der Waals surface area (Å²) in [6.07, 6.45) is 4.74. The molecule has 0 aliphatic carbocycles. The number of hydrogen-bond acceptors (Lipinski definition) is 8. The molecule has 1 aromatic heterocycles. The third-order valence-corrected chi connectivity index (χ3v) is 6.31. The van der Waals surface area contributed by atoms with Crippen molar-refractivity contribution < 1.29 is 23.8 Å². The fraction of sp³-hybridized carbons (Fsp3) is 0.125. The minimum Gasteiger partial charge on any atom is -0.507 e. The molecule has 10 heteroatoms. The van der Waals surface area contributed by atoms with E-state index < -0.39 is 0 Å². The number of rotatable bonds is 7. The fourth-order valence-electron chi connectivity index (χ4n) is 3.14. The van der Waals surface area contributed by atoms with Gasteiger partial charge in [0.15, 0.2) is 16.7 Å². The second-order valence-electron chi connectivity index (χ2n) is 7.03. The van der Waals surface area contributed by atoms with Crippen LogP contribution in [-0.4, -0.2) is 41.5 Å². The molecule has 34 heavy (non-hydrogen) atoms. The summed E-state index contributed by atoms with van der Waals surface area (Å²) in [7, 11) is 3.12. The van der Waals surface area contributed by atoms with Gasteiger partial charge < -0.3 is 19.0 Å². The van der Waals surface area contributed by atoms with Gasteiger partial charge in [-0.15, -0.1) is 5.10 Å². The molecule has 0 radical (unpaired) electrons. The van der Waals surface area contributed by atoms with E-state index in [-0.39, 0.29) is 18.2 Å². The zero-order valence-electron chi connectivity index (χ0n) is 18.3. The number of furan rings is 1. The second kappa shape index (κ2) is 10.6. The minimum atomic E-state index is -0.226. The molecule has 1 amide bonds. The van der Waals surface area contributed by atoms with Crippen LogP contribution in [0.25, 0.3) is 6.08 Å². The van der Waals surface area contributed by atoms with Crippen LogP contribution in [0.2, 0.25) is 0 Å². The molecule has 0 unspecified atom stereocenters. The van der Waals surface area contributed by atoms with Crippen LogP contribution in [0.3, 0.4) is 0 Å². The molecule has 2 heterocycles. The number of phenols is 1. The highest BCUT2D eigenvalue weighted by atomic mass is 79.9. The summed E-state index contributed by atoms with van der Waals surface area (Å²) in [4.78, 5) is 15.2. The smallest absolute Gasteiger partial charge is 0.267 e. The number of hydrogen-bond donors (Lipinski definition) is 1. The van der Waals surface area contributed by atoms with Crippen LogP contribution in [0.4, 0.5) is 0 Å². The molecule has 8 nitrogen and oxygen atoms in total. The van der Waals surface area contributed by atoms with Gasteiger partial charge in [-0.3, -0.25) is 9.69 Å². The van der Waals surface area contributed by atoms with Gasteiger partial charge in [0, 0.05) is 10.0 Å². The van der Waals surface area contributed by atoms with Gasteiger partial charge in [0.25, 0.3) is 5.91 Å². The van der Waals surface area contributed by atoms with Gasteiger partial charge in [0.05, 0.1) is 38.1 Å². The molecule has 1 fully saturated rings. The van der Waals surface area contributed by atoms with Crippen LogP contribution in [0.15, 0.2) is 78.8 Å². The highest BCUT2D eigenvalue weighted by Gasteiger charge is 2.34. The number of ether oxygens (including phenoxy) is 2. The lowest BCUT2D eigenvalue weighted by atomic mass is 10.2. The van der Waals surface area contributed by atoms with E-state index in [0.717, 1.165) is 10.0 Å². The maximum Gasteiger partial charge on any atom is 0.267 e. The Morgan fingerprint density at radius 2 is 1.97 bits per heavy atom. The number of thioether (sulfide) groups is 1. The van der Waals surface area contributed by atoms with Crippen molar-refractivity contribution in [2.45, 2.75) is 6.54 Å². The fourth-order valence-corrected chi connectivity index (χ4v) is 4.46. The summed E-state index contributed by atoms with van der Waals surface area (Å²) >= 11 is 4.56. The van der Waals surface area contributed by atoms with E-state index in [1.165, 1.54) is 22.9 Å². The molecule has 1 saturated heterocycles. The molecule has 1 aliphatic heterocycles. The van der Waals surface area contributed by atoms with Crippen LogP contribution in [0, 0.1) is 0 Å². The average Bonchev–Trinajstić information content (AvgIpc) is 3.45. The van der Waals surface area contributed by atoms with Crippen molar-refractivity contribution in [2.24, 2.45) is 10.2 Å². The van der Waals surface area contributed by atoms with Crippen molar-refractivity contribution in [1.82, 2.24) is 4.90 Å². The van der Waals surface area contributed by atoms with Gasteiger partial charge >= 0.3 is 0 Å². The first-order valence-electron chi connectivity index (χ1n) is 10.0. The summed E-state index contributed by atoms with van der Waals surface area (Å²) in [5, 5.41) is 18.8. The molecular weight excluding hydrogens is 522 g/mol. The Bertz CT molecular complexity index is 1290. The Morgan fingerprint density at radius 1 is 1.15 bits per heavy atom. The topological polar surface area (TPSA) is 96.9 Å². The maximum absolute atomic E-state index is 13.2. The molecule has 174 valence electrons. The Labute approximate surface area is 208 Å². The van der Waals surface area contributed by atoms with E-state index in [2.05, 4.69) is 26.1 Å². The summed E-state index contributed by atoms with van der Waals surface area (Å²) < 4.78 is 16.9. The Morgan fingerprint density at radius 3 is 2.71 bits per heavy atom. The molecule has 3 aromatic rings. The van der Waals surface area contributed by atoms with Crippen molar-refractivity contribution >= 4 is 51.1 Å². The SMILES string of the molecule is COc1ccc(/C=C2\S/C(=N\N=C\c3cc(Br)ccc3O)N(Cc3ccco3)C2=O)cc1OC. The van der Waals surface area contributed by atoms with Crippen molar-refractivity contribution in [1.29, 1.82) is 0 Å². The number of aromatic hydroxyl groups is 1. The summed E-state index contributed by atoms with van der Waals surface area (Å²) in [5.41, 5.74) is 1.27. The first-order valence-corrected chi connectivity index (χ1v) is 11.6. The summed E-state index contributed by atoms with van der Waals surface area (Å²) in [6, 6.07) is 13.9. The number of benzene rings is 2. The maximum atomic E-state index is 13.2. The monoisotopic (exact) mass is 541 g/mol. The third-order valence-electron chi connectivity index (χ3n) is 4.82. The average molecular weight is 542 g/mol. The molecule has 2 aromatic carbocycles. The highest BCUT2D eigenvalue weighted by molar-refractivity contribution is 9.10. The van der Waals surface area contributed by atoms with Gasteiger partial charge in [-0.05, 0) is 65.9 Å². The van der Waals surface area contributed by atoms with Gasteiger partial charge in [-0.1, -0.05) is 22.0 Å². The molecule has 0 saturated carbocycles. The van der Waals surface area contributed by atoms with Crippen LogP contribution >= 0.6 is 27.7 Å². The number of methoxy groups -OCH3 is 2. The lowest BCUT2D eigenvalue weighted by Crippen LogP contribution is -2.28. The predicted octanol–water partition coefficient (Wildman–Crippen LogP) is 5.27. The number of nitrogens with zero attached hydrogens (tertiary/aromatic N) is 3. The second-order valence-corrected chi connectivity index (χ2v) is 8.95. The van der Waals surface area contributed by atoms with E-state index in [1.54, 1.807) is 69.0 Å². The van der Waals surface area contributed by atoms with E-state index in [0.29, 0.717) is 32.9 Å². The third kappa shape index (κ3) is 5.35. The Balaban J connectivity index is 1.65. The van der Waals surface area contributed by atoms with Crippen molar-refractivity contribution in [3.05, 3.63) is 81.1 Å². The summed E-state index contributed by atoms with van der Waals surface area (Å²) in [5.74, 6) is 1.62. The first-order chi connectivity index (χ1) is 16.5. The van der Waals surface area contributed by atoms with Gasteiger partial charge in [0.1, 0.15) is 11.5 Å². The first kappa shape index (κ1) is 23.7. The summed E-state index contributed by atoms with van der Waals surface area (Å²) in [6.45, 7) is 0.207. The molecule has 0 bridgehead atoms. The van der Waals surface area contributed by atoms with E-state index >= 15 is 0 Å².